The predicted molar refractivity (Wildman–Crippen MR) is 88.5 cm³/mol. The first-order valence-electron chi connectivity index (χ1n) is 8.36. The van der Waals surface area contributed by atoms with Crippen molar-refractivity contribution in [3.8, 4) is 0 Å². The van der Waals surface area contributed by atoms with E-state index in [9.17, 15) is 8.42 Å². The molecule has 0 amide bonds. The molecule has 0 aliphatic carbocycles. The van der Waals surface area contributed by atoms with Crippen LogP contribution < -0.4 is 0 Å². The van der Waals surface area contributed by atoms with E-state index in [2.05, 4.69) is 18.7 Å². The molecule has 122 valence electrons. The summed E-state index contributed by atoms with van der Waals surface area (Å²) in [5.41, 5.74) is 1.21. The second kappa shape index (κ2) is 6.30. The van der Waals surface area contributed by atoms with Gasteiger partial charge in [-0.1, -0.05) is 26.0 Å². The molecule has 5 heteroatoms. The molecule has 1 aromatic rings. The van der Waals surface area contributed by atoms with Crippen LogP contribution in [0.5, 0.6) is 0 Å². The number of rotatable bonds is 4. The van der Waals surface area contributed by atoms with E-state index in [4.69, 9.17) is 0 Å². The molecule has 0 spiro atoms. The maximum absolute atomic E-state index is 12.8. The van der Waals surface area contributed by atoms with Gasteiger partial charge in [0.2, 0.25) is 10.0 Å². The summed E-state index contributed by atoms with van der Waals surface area (Å²) in [4.78, 5) is 2.86. The van der Waals surface area contributed by atoms with E-state index < -0.39 is 10.0 Å². The molecule has 4 nitrogen and oxygen atoms in total. The van der Waals surface area contributed by atoms with Crippen LogP contribution in [0.2, 0.25) is 0 Å². The third-order valence-corrected chi connectivity index (χ3v) is 7.13. The highest BCUT2D eigenvalue weighted by Crippen LogP contribution is 2.27. The fourth-order valence-electron chi connectivity index (χ4n) is 3.53. The third-order valence-electron chi connectivity index (χ3n) is 5.25. The lowest BCUT2D eigenvalue weighted by Crippen LogP contribution is -2.51. The zero-order valence-corrected chi connectivity index (χ0v) is 14.3. The zero-order valence-electron chi connectivity index (χ0n) is 13.5. The summed E-state index contributed by atoms with van der Waals surface area (Å²) in [5.74, 6) is 0.471. The summed E-state index contributed by atoms with van der Waals surface area (Å²) in [6.45, 7) is 7.58. The van der Waals surface area contributed by atoms with Crippen LogP contribution in [0.1, 0.15) is 44.6 Å². The van der Waals surface area contributed by atoms with Crippen molar-refractivity contribution in [2.45, 2.75) is 50.0 Å². The number of fused-ring (bicyclic) bond motifs is 1. The van der Waals surface area contributed by atoms with Crippen molar-refractivity contribution in [2.24, 2.45) is 0 Å². The second-order valence-electron chi connectivity index (χ2n) is 6.57. The van der Waals surface area contributed by atoms with Crippen LogP contribution in [0.4, 0.5) is 0 Å². The summed E-state index contributed by atoms with van der Waals surface area (Å²) in [6.07, 6.45) is 3.39. The van der Waals surface area contributed by atoms with Crippen LogP contribution in [-0.2, 0) is 10.0 Å². The van der Waals surface area contributed by atoms with Gasteiger partial charge in [0, 0.05) is 25.7 Å². The smallest absolute Gasteiger partial charge is 0.243 e. The molecule has 3 rings (SSSR count). The van der Waals surface area contributed by atoms with E-state index in [0.29, 0.717) is 29.9 Å². The molecule has 0 unspecified atom stereocenters. The van der Waals surface area contributed by atoms with Crippen molar-refractivity contribution in [3.63, 3.8) is 0 Å². The maximum atomic E-state index is 12.8. The molecular weight excluding hydrogens is 296 g/mol. The Hall–Kier alpha value is -0.910. The number of sulfonamides is 1. The fourth-order valence-corrected chi connectivity index (χ4v) is 5.00. The average molecular weight is 322 g/mol. The first-order valence-corrected chi connectivity index (χ1v) is 9.80. The molecule has 0 N–H and O–H groups in total. The standard InChI is InChI=1S/C17H26N2O2S/c1-3-14(2)15-6-8-17(9-7-15)22(20,21)19-12-11-18-10-4-5-16(18)13-19/h6-9,14,16H,3-5,10-13H2,1-2H3/t14-,16-/m0/s1. The summed E-state index contributed by atoms with van der Waals surface area (Å²) in [7, 11) is -3.34. The van der Waals surface area contributed by atoms with Gasteiger partial charge in [-0.3, -0.25) is 4.90 Å². The minimum absolute atomic E-state index is 0.419. The van der Waals surface area contributed by atoms with Gasteiger partial charge in [-0.2, -0.15) is 4.31 Å². The van der Waals surface area contributed by atoms with Crippen LogP contribution in [-0.4, -0.2) is 49.8 Å². The number of benzene rings is 1. The summed E-state index contributed by atoms with van der Waals surface area (Å²) in [5, 5.41) is 0. The molecule has 22 heavy (non-hydrogen) atoms. The minimum atomic E-state index is -3.34. The van der Waals surface area contributed by atoms with Gasteiger partial charge in [0.25, 0.3) is 0 Å². The van der Waals surface area contributed by atoms with Gasteiger partial charge in [0.15, 0.2) is 0 Å². The van der Waals surface area contributed by atoms with Crippen LogP contribution in [0, 0.1) is 0 Å². The van der Waals surface area contributed by atoms with Crippen LogP contribution in [0.25, 0.3) is 0 Å². The van der Waals surface area contributed by atoms with E-state index in [1.807, 2.05) is 12.1 Å². The monoisotopic (exact) mass is 322 g/mol. The van der Waals surface area contributed by atoms with Crippen molar-refractivity contribution in [1.82, 2.24) is 9.21 Å². The molecule has 0 aromatic heterocycles. The van der Waals surface area contributed by atoms with E-state index in [0.717, 1.165) is 25.9 Å². The van der Waals surface area contributed by atoms with Gasteiger partial charge in [0.1, 0.15) is 0 Å². The summed E-state index contributed by atoms with van der Waals surface area (Å²) < 4.78 is 27.3. The molecule has 2 aliphatic heterocycles. The van der Waals surface area contributed by atoms with Gasteiger partial charge in [-0.25, -0.2) is 8.42 Å². The highest BCUT2D eigenvalue weighted by Gasteiger charge is 2.36. The van der Waals surface area contributed by atoms with Gasteiger partial charge in [0.05, 0.1) is 4.90 Å². The molecule has 0 radical (unpaired) electrons. The van der Waals surface area contributed by atoms with Crippen LogP contribution in [0.3, 0.4) is 0 Å². The molecule has 2 fully saturated rings. The second-order valence-corrected chi connectivity index (χ2v) is 8.51. The molecule has 2 atom stereocenters. The predicted octanol–water partition coefficient (Wildman–Crippen LogP) is 2.67. The molecule has 2 aliphatic rings. The summed E-state index contributed by atoms with van der Waals surface area (Å²) >= 11 is 0. The molecule has 2 heterocycles. The summed E-state index contributed by atoms with van der Waals surface area (Å²) in [6, 6.07) is 7.90. The molecule has 2 saturated heterocycles. The normalized spacial score (nSPS) is 25.1. The highest BCUT2D eigenvalue weighted by molar-refractivity contribution is 7.89. The molecule has 0 saturated carbocycles. The Morgan fingerprint density at radius 3 is 2.59 bits per heavy atom. The Balaban J connectivity index is 1.77. The first kappa shape index (κ1) is 16.0. The van der Waals surface area contributed by atoms with E-state index in [1.54, 1.807) is 16.4 Å². The number of hydrogen-bond acceptors (Lipinski definition) is 3. The average Bonchev–Trinajstić information content (AvgIpc) is 3.01. The number of nitrogens with zero attached hydrogens (tertiary/aromatic N) is 2. The van der Waals surface area contributed by atoms with Crippen molar-refractivity contribution >= 4 is 10.0 Å². The Bertz CT molecular complexity index is 612. The highest BCUT2D eigenvalue weighted by atomic mass is 32.2. The molecule has 0 bridgehead atoms. The Kier molecular flexibility index (Phi) is 4.57. The lowest BCUT2D eigenvalue weighted by molar-refractivity contribution is 0.158. The van der Waals surface area contributed by atoms with Crippen LogP contribution >= 0.6 is 0 Å². The topological polar surface area (TPSA) is 40.6 Å². The van der Waals surface area contributed by atoms with Crippen molar-refractivity contribution in [1.29, 1.82) is 0 Å². The Morgan fingerprint density at radius 1 is 1.18 bits per heavy atom. The van der Waals surface area contributed by atoms with E-state index in [1.165, 1.54) is 12.0 Å². The number of hydrogen-bond donors (Lipinski definition) is 0. The van der Waals surface area contributed by atoms with Crippen molar-refractivity contribution < 1.29 is 8.42 Å². The molecular formula is C17H26N2O2S. The van der Waals surface area contributed by atoms with Gasteiger partial charge in [-0.15, -0.1) is 0 Å². The van der Waals surface area contributed by atoms with Crippen molar-refractivity contribution in [3.05, 3.63) is 29.8 Å². The fraction of sp³-hybridized carbons (Fsp3) is 0.647. The SMILES string of the molecule is CC[C@H](C)c1ccc(S(=O)(=O)N2CCN3CCC[C@H]3C2)cc1. The zero-order chi connectivity index (χ0) is 15.7. The van der Waals surface area contributed by atoms with E-state index >= 15 is 0 Å². The van der Waals surface area contributed by atoms with Gasteiger partial charge >= 0.3 is 0 Å². The largest absolute Gasteiger partial charge is 0.298 e. The Morgan fingerprint density at radius 2 is 1.91 bits per heavy atom. The van der Waals surface area contributed by atoms with Crippen LogP contribution in [0.15, 0.2) is 29.2 Å². The van der Waals surface area contributed by atoms with Gasteiger partial charge < -0.3 is 0 Å². The Labute approximate surface area is 134 Å². The molecule has 1 aromatic carbocycles. The minimum Gasteiger partial charge on any atom is -0.298 e. The quantitative estimate of drug-likeness (QED) is 0.856. The lowest BCUT2D eigenvalue weighted by Gasteiger charge is -2.36. The maximum Gasteiger partial charge on any atom is 0.243 e. The lowest BCUT2D eigenvalue weighted by atomic mass is 9.99. The van der Waals surface area contributed by atoms with Gasteiger partial charge in [-0.05, 0) is 49.4 Å². The third kappa shape index (κ3) is 2.94. The number of piperazine rings is 1. The van der Waals surface area contributed by atoms with E-state index in [-0.39, 0.29) is 0 Å². The van der Waals surface area contributed by atoms with Crippen molar-refractivity contribution in [2.75, 3.05) is 26.2 Å². The first-order chi connectivity index (χ1) is 10.5.